The number of pyridine rings is 1. The number of benzene rings is 1. The number of aryl methyl sites for hydroxylation is 1. The molecule has 3 aliphatic rings. The highest BCUT2D eigenvalue weighted by Gasteiger charge is 2.47. The van der Waals surface area contributed by atoms with Gasteiger partial charge in [-0.1, -0.05) is 19.4 Å². The first-order valence-electron chi connectivity index (χ1n) is 14.8. The van der Waals surface area contributed by atoms with Gasteiger partial charge in [0.25, 0.3) is 0 Å². The Morgan fingerprint density at radius 2 is 2.00 bits per heavy atom. The van der Waals surface area contributed by atoms with E-state index in [1.165, 1.54) is 0 Å². The van der Waals surface area contributed by atoms with Crippen LogP contribution in [0.3, 0.4) is 0 Å². The van der Waals surface area contributed by atoms with Crippen molar-refractivity contribution in [3.63, 3.8) is 0 Å². The van der Waals surface area contributed by atoms with Crippen LogP contribution >= 0.6 is 0 Å². The Kier molecular flexibility index (Phi) is 9.07. The molecule has 10 heteroatoms. The maximum absolute atomic E-state index is 13.9. The van der Waals surface area contributed by atoms with Crippen LogP contribution in [0.15, 0.2) is 42.7 Å². The van der Waals surface area contributed by atoms with Crippen LogP contribution in [0.1, 0.15) is 56.9 Å². The molecule has 1 aromatic carbocycles. The average Bonchev–Trinajstić information content (AvgIpc) is 3.67. The summed E-state index contributed by atoms with van der Waals surface area (Å²) < 4.78 is 13.0. The predicted octanol–water partition coefficient (Wildman–Crippen LogP) is 2.94. The van der Waals surface area contributed by atoms with Gasteiger partial charge in [0.1, 0.15) is 12.7 Å². The first-order valence-corrected chi connectivity index (χ1v) is 14.8. The molecule has 220 valence electrons. The average molecular weight is 566 g/mol. The van der Waals surface area contributed by atoms with Crippen molar-refractivity contribution in [2.24, 2.45) is 13.0 Å². The number of anilines is 1. The van der Waals surface area contributed by atoms with Crippen molar-refractivity contribution < 1.29 is 33.5 Å². The lowest BCUT2D eigenvalue weighted by Gasteiger charge is -2.30. The number of unbranched alkanes of at least 4 members (excludes halogenated alkanes) is 1. The lowest BCUT2D eigenvalue weighted by molar-refractivity contribution is -0.670. The molecule has 0 bridgehead atoms. The van der Waals surface area contributed by atoms with Gasteiger partial charge in [0.15, 0.2) is 23.9 Å². The molecular formula is C31H41N4O6+. The first-order chi connectivity index (χ1) is 19.9. The highest BCUT2D eigenvalue weighted by atomic mass is 16.7. The van der Waals surface area contributed by atoms with Gasteiger partial charge in [-0.2, -0.15) is 0 Å². The van der Waals surface area contributed by atoms with E-state index in [-0.39, 0.29) is 37.1 Å². The number of hydrogen-bond acceptors (Lipinski definition) is 6. The number of aromatic nitrogens is 1. The van der Waals surface area contributed by atoms with Gasteiger partial charge in [-0.15, -0.1) is 0 Å². The fraction of sp³-hybridized carbons (Fsp3) is 0.548. The van der Waals surface area contributed by atoms with Crippen LogP contribution < -0.4 is 18.9 Å². The molecule has 5 rings (SSSR count). The van der Waals surface area contributed by atoms with E-state index in [1.54, 1.807) is 0 Å². The molecule has 3 aliphatic heterocycles. The molecule has 10 nitrogen and oxygen atoms in total. The lowest BCUT2D eigenvalue weighted by Crippen LogP contribution is -2.45. The van der Waals surface area contributed by atoms with Crippen molar-refractivity contribution in [2.75, 3.05) is 44.4 Å². The van der Waals surface area contributed by atoms with E-state index in [0.717, 1.165) is 37.1 Å². The molecule has 2 fully saturated rings. The topological polar surface area (TPSA) is 104 Å². The summed E-state index contributed by atoms with van der Waals surface area (Å²) in [7, 11) is 1.93. The van der Waals surface area contributed by atoms with E-state index in [2.05, 4.69) is 11.8 Å². The zero-order valence-corrected chi connectivity index (χ0v) is 24.0. The number of amides is 2. The predicted molar refractivity (Wildman–Crippen MR) is 152 cm³/mol. The second-order valence-electron chi connectivity index (χ2n) is 11.3. The summed E-state index contributed by atoms with van der Waals surface area (Å²) in [6, 6.07) is 9.15. The second-order valence-corrected chi connectivity index (χ2v) is 11.3. The lowest BCUT2D eigenvalue weighted by atomic mass is 9.83. The van der Waals surface area contributed by atoms with Crippen molar-refractivity contribution >= 4 is 23.5 Å². The number of carbonyl (C=O) groups is 3. The van der Waals surface area contributed by atoms with Crippen LogP contribution in [0.25, 0.3) is 0 Å². The number of hydrogen-bond donors (Lipinski definition) is 1. The maximum atomic E-state index is 13.9. The van der Waals surface area contributed by atoms with E-state index in [4.69, 9.17) is 9.47 Å². The zero-order chi connectivity index (χ0) is 28.9. The molecule has 0 radical (unpaired) electrons. The molecular weight excluding hydrogens is 524 g/mol. The van der Waals surface area contributed by atoms with Crippen LogP contribution in [0.5, 0.6) is 11.5 Å². The van der Waals surface area contributed by atoms with E-state index in [9.17, 15) is 19.5 Å². The number of ether oxygens (including phenoxy) is 2. The SMILES string of the molecule is CCCCN(C(=O)CN1C[C@H](c2ccc3c(c2)OCO3)C(C(=O)O)[C@@H]1CCCN1CCCC1=O)c1ccc[n+](C)c1. The third-order valence-corrected chi connectivity index (χ3v) is 8.57. The minimum Gasteiger partial charge on any atom is -0.481 e. The normalized spacial score (nSPS) is 22.0. The number of fused-ring (bicyclic) bond motifs is 1. The molecule has 4 heterocycles. The number of aliphatic carboxylic acids is 1. The maximum Gasteiger partial charge on any atom is 0.308 e. The van der Waals surface area contributed by atoms with Gasteiger partial charge in [0.2, 0.25) is 18.6 Å². The summed E-state index contributed by atoms with van der Waals surface area (Å²) in [5, 5.41) is 10.5. The molecule has 2 amide bonds. The number of carbonyl (C=O) groups excluding carboxylic acids is 2. The largest absolute Gasteiger partial charge is 0.481 e. The minimum atomic E-state index is -0.872. The molecule has 0 spiro atoms. The summed E-state index contributed by atoms with van der Waals surface area (Å²) >= 11 is 0. The number of rotatable bonds is 12. The van der Waals surface area contributed by atoms with Gasteiger partial charge in [-0.25, -0.2) is 4.57 Å². The van der Waals surface area contributed by atoms with E-state index >= 15 is 0 Å². The highest BCUT2D eigenvalue weighted by molar-refractivity contribution is 5.94. The van der Waals surface area contributed by atoms with Gasteiger partial charge < -0.3 is 24.4 Å². The molecule has 3 atom stereocenters. The van der Waals surface area contributed by atoms with Gasteiger partial charge in [0, 0.05) is 50.6 Å². The molecule has 1 N–H and O–H groups in total. The molecule has 1 aromatic heterocycles. The van der Waals surface area contributed by atoms with Gasteiger partial charge in [0.05, 0.1) is 12.5 Å². The molecule has 41 heavy (non-hydrogen) atoms. The Balaban J connectivity index is 1.40. The number of carboxylic acids is 1. The van der Waals surface area contributed by atoms with Crippen molar-refractivity contribution in [3.8, 4) is 11.5 Å². The molecule has 0 aliphatic carbocycles. The Bertz CT molecular complexity index is 1270. The van der Waals surface area contributed by atoms with Crippen LogP contribution in [-0.2, 0) is 21.4 Å². The van der Waals surface area contributed by atoms with E-state index in [1.807, 2.05) is 64.1 Å². The Labute approximate surface area is 241 Å². The molecule has 2 saturated heterocycles. The second kappa shape index (κ2) is 12.9. The summed E-state index contributed by atoms with van der Waals surface area (Å²) in [4.78, 5) is 44.7. The molecule has 1 unspecified atom stereocenters. The van der Waals surface area contributed by atoms with Crippen LogP contribution in [0, 0.1) is 5.92 Å². The van der Waals surface area contributed by atoms with E-state index in [0.29, 0.717) is 50.4 Å². The Hall–Kier alpha value is -3.66. The molecule has 2 aromatic rings. The number of nitrogens with zero attached hydrogens (tertiary/aromatic N) is 4. The summed E-state index contributed by atoms with van der Waals surface area (Å²) in [6.45, 7) is 4.79. The van der Waals surface area contributed by atoms with Gasteiger partial charge in [-0.05, 0) is 49.4 Å². The standard InChI is InChI=1S/C31H40N4O6/c1-3-4-16-35(23-8-5-13-32(2)18-23)29(37)20-34-19-24(22-11-12-26-27(17-22)41-21-40-26)30(31(38)39)25(34)9-6-14-33-15-7-10-28(33)36/h5,8,11-13,17-18,24-25,30H,3-4,6-7,9-10,14-16,19-21H2,1-2H3/p+1/t24-,25+,30?/m1/s1. The van der Waals surface area contributed by atoms with Crippen molar-refractivity contribution in [3.05, 3.63) is 48.3 Å². The third-order valence-electron chi connectivity index (χ3n) is 8.57. The van der Waals surface area contributed by atoms with Gasteiger partial charge in [-0.3, -0.25) is 19.3 Å². The quantitative estimate of drug-likeness (QED) is 0.395. The smallest absolute Gasteiger partial charge is 0.308 e. The molecule has 0 saturated carbocycles. The monoisotopic (exact) mass is 565 g/mol. The van der Waals surface area contributed by atoms with Crippen molar-refractivity contribution in [2.45, 2.75) is 57.4 Å². The van der Waals surface area contributed by atoms with Gasteiger partial charge >= 0.3 is 5.97 Å². The Morgan fingerprint density at radius 1 is 1.17 bits per heavy atom. The third kappa shape index (κ3) is 6.48. The fourth-order valence-corrected chi connectivity index (χ4v) is 6.47. The van der Waals surface area contributed by atoms with Crippen LogP contribution in [0.4, 0.5) is 5.69 Å². The Morgan fingerprint density at radius 3 is 2.73 bits per heavy atom. The highest BCUT2D eigenvalue weighted by Crippen LogP contribution is 2.43. The van der Waals surface area contributed by atoms with Crippen molar-refractivity contribution in [1.29, 1.82) is 0 Å². The minimum absolute atomic E-state index is 0.0418. The summed E-state index contributed by atoms with van der Waals surface area (Å²) in [6.07, 6.45) is 8.43. The number of likely N-dealkylation sites (tertiary alicyclic amines) is 2. The summed E-state index contributed by atoms with van der Waals surface area (Å²) in [5.41, 5.74) is 1.70. The number of carboxylic acid groups (broad SMARTS) is 1. The van der Waals surface area contributed by atoms with Crippen molar-refractivity contribution in [1.82, 2.24) is 9.80 Å². The van der Waals surface area contributed by atoms with Crippen LogP contribution in [-0.4, -0.2) is 78.2 Å². The first kappa shape index (κ1) is 28.9. The summed E-state index contributed by atoms with van der Waals surface area (Å²) in [5.74, 6) is -0.488. The fourth-order valence-electron chi connectivity index (χ4n) is 6.47. The van der Waals surface area contributed by atoms with Crippen LogP contribution in [0.2, 0.25) is 0 Å². The zero-order valence-electron chi connectivity index (χ0n) is 24.0. The van der Waals surface area contributed by atoms with E-state index < -0.39 is 11.9 Å².